The van der Waals surface area contributed by atoms with E-state index in [1.165, 1.54) is 17.0 Å². The van der Waals surface area contributed by atoms with Gasteiger partial charge in [-0.25, -0.2) is 9.59 Å². The highest BCUT2D eigenvalue weighted by atomic mass is 35.5. The Morgan fingerprint density at radius 1 is 1.30 bits per heavy atom. The van der Waals surface area contributed by atoms with Gasteiger partial charge < -0.3 is 20.6 Å². The number of carbonyl (C=O) groups excluding carboxylic acids is 1. The molecule has 0 bridgehead atoms. The Balaban J connectivity index is 2.87. The van der Waals surface area contributed by atoms with Crippen molar-refractivity contribution in [1.29, 1.82) is 0 Å². The molecule has 0 aliphatic rings. The third-order valence-electron chi connectivity index (χ3n) is 2.56. The SMILES string of the molecule is CNCCN(C)C(=O)Nc1c(Cl)cc(C(=O)O)cc1Cl. The first-order valence-corrected chi connectivity index (χ1v) is 6.51. The molecule has 0 atom stereocenters. The molecule has 1 aromatic carbocycles. The highest BCUT2D eigenvalue weighted by Gasteiger charge is 2.16. The number of benzene rings is 1. The maximum absolute atomic E-state index is 11.9. The second-order valence-electron chi connectivity index (χ2n) is 4.08. The van der Waals surface area contributed by atoms with Crippen LogP contribution >= 0.6 is 23.2 Å². The summed E-state index contributed by atoms with van der Waals surface area (Å²) in [5, 5.41) is 14.5. The lowest BCUT2D eigenvalue weighted by atomic mass is 10.2. The van der Waals surface area contributed by atoms with Gasteiger partial charge in [0.2, 0.25) is 0 Å². The number of carboxylic acids is 1. The highest BCUT2D eigenvalue weighted by molar-refractivity contribution is 6.40. The molecule has 1 rings (SSSR count). The van der Waals surface area contributed by atoms with Gasteiger partial charge in [0.15, 0.2) is 0 Å². The fourth-order valence-electron chi connectivity index (χ4n) is 1.40. The van der Waals surface area contributed by atoms with E-state index in [0.29, 0.717) is 13.1 Å². The van der Waals surface area contributed by atoms with Crippen LogP contribution in [0.15, 0.2) is 12.1 Å². The molecule has 110 valence electrons. The number of urea groups is 1. The zero-order chi connectivity index (χ0) is 15.3. The van der Waals surface area contributed by atoms with E-state index < -0.39 is 5.97 Å². The minimum Gasteiger partial charge on any atom is -0.478 e. The summed E-state index contributed by atoms with van der Waals surface area (Å²) >= 11 is 11.9. The first-order chi connectivity index (χ1) is 9.36. The van der Waals surface area contributed by atoms with Crippen LogP contribution in [0.2, 0.25) is 10.0 Å². The van der Waals surface area contributed by atoms with Crippen LogP contribution in [0.25, 0.3) is 0 Å². The monoisotopic (exact) mass is 319 g/mol. The van der Waals surface area contributed by atoms with E-state index in [2.05, 4.69) is 10.6 Å². The topological polar surface area (TPSA) is 81.7 Å². The number of rotatable bonds is 5. The maximum Gasteiger partial charge on any atom is 0.335 e. The quantitative estimate of drug-likeness (QED) is 0.778. The van der Waals surface area contributed by atoms with Gasteiger partial charge in [0.05, 0.1) is 21.3 Å². The Morgan fingerprint density at radius 2 is 1.85 bits per heavy atom. The smallest absolute Gasteiger partial charge is 0.335 e. The number of carbonyl (C=O) groups is 2. The summed E-state index contributed by atoms with van der Waals surface area (Å²) in [6, 6.07) is 2.09. The number of nitrogens with one attached hydrogen (secondary N) is 2. The number of amides is 2. The number of nitrogens with zero attached hydrogens (tertiary/aromatic N) is 1. The van der Waals surface area contributed by atoms with Crippen LogP contribution in [0.4, 0.5) is 10.5 Å². The summed E-state index contributed by atoms with van der Waals surface area (Å²) in [6.07, 6.45) is 0. The van der Waals surface area contributed by atoms with Gasteiger partial charge in [0, 0.05) is 20.1 Å². The van der Waals surface area contributed by atoms with Gasteiger partial charge in [-0.15, -0.1) is 0 Å². The Hall–Kier alpha value is -1.50. The Bertz CT molecular complexity index is 500. The number of hydrogen-bond donors (Lipinski definition) is 3. The van der Waals surface area contributed by atoms with Gasteiger partial charge in [-0.05, 0) is 19.2 Å². The lowest BCUT2D eigenvalue weighted by Crippen LogP contribution is -2.36. The Kier molecular flexibility index (Phi) is 6.06. The summed E-state index contributed by atoms with van der Waals surface area (Å²) in [7, 11) is 3.41. The van der Waals surface area contributed by atoms with Crippen LogP contribution in [0.5, 0.6) is 0 Å². The third kappa shape index (κ3) is 4.26. The number of anilines is 1. The summed E-state index contributed by atoms with van der Waals surface area (Å²) < 4.78 is 0. The van der Waals surface area contributed by atoms with Crippen molar-refractivity contribution in [3.8, 4) is 0 Å². The van der Waals surface area contributed by atoms with E-state index in [-0.39, 0.29) is 27.3 Å². The van der Waals surface area contributed by atoms with Crippen molar-refractivity contribution in [3.63, 3.8) is 0 Å². The van der Waals surface area contributed by atoms with Crippen molar-refractivity contribution in [2.75, 3.05) is 32.5 Å². The lowest BCUT2D eigenvalue weighted by Gasteiger charge is -2.19. The fraction of sp³-hybridized carbons (Fsp3) is 0.333. The molecule has 0 spiro atoms. The van der Waals surface area contributed by atoms with Crippen molar-refractivity contribution in [2.45, 2.75) is 0 Å². The van der Waals surface area contributed by atoms with Gasteiger partial charge in [-0.3, -0.25) is 0 Å². The molecule has 3 N–H and O–H groups in total. The minimum absolute atomic E-state index is 0.0402. The third-order valence-corrected chi connectivity index (χ3v) is 3.16. The molecule has 0 saturated heterocycles. The van der Waals surface area contributed by atoms with E-state index >= 15 is 0 Å². The zero-order valence-electron chi connectivity index (χ0n) is 11.0. The normalized spacial score (nSPS) is 10.2. The molecule has 6 nitrogen and oxygen atoms in total. The van der Waals surface area contributed by atoms with Crippen LogP contribution in [0.1, 0.15) is 10.4 Å². The van der Waals surface area contributed by atoms with Crippen LogP contribution in [-0.4, -0.2) is 49.2 Å². The van der Waals surface area contributed by atoms with Crippen LogP contribution in [0.3, 0.4) is 0 Å². The predicted octanol–water partition coefficient (Wildman–Crippen LogP) is 2.37. The summed E-state index contributed by atoms with van der Waals surface area (Å²) in [5.41, 5.74) is 0.154. The molecule has 0 radical (unpaired) electrons. The molecule has 20 heavy (non-hydrogen) atoms. The van der Waals surface area contributed by atoms with Crippen molar-refractivity contribution in [1.82, 2.24) is 10.2 Å². The van der Waals surface area contributed by atoms with E-state index in [0.717, 1.165) is 0 Å². The minimum atomic E-state index is -1.14. The molecule has 0 aliphatic heterocycles. The Labute approximate surface area is 126 Å². The number of carboxylic acid groups (broad SMARTS) is 1. The molecule has 2 amide bonds. The summed E-state index contributed by atoms with van der Waals surface area (Å²) in [5.74, 6) is -1.14. The van der Waals surface area contributed by atoms with E-state index in [1.54, 1.807) is 14.1 Å². The number of aromatic carboxylic acids is 1. The first-order valence-electron chi connectivity index (χ1n) is 5.76. The molecular formula is C12H15Cl2N3O3. The molecule has 0 fully saturated rings. The largest absolute Gasteiger partial charge is 0.478 e. The van der Waals surface area contributed by atoms with E-state index in [9.17, 15) is 9.59 Å². The van der Waals surface area contributed by atoms with Crippen molar-refractivity contribution >= 4 is 40.9 Å². The second-order valence-corrected chi connectivity index (χ2v) is 4.89. The average Bonchev–Trinajstić information content (AvgIpc) is 2.39. The lowest BCUT2D eigenvalue weighted by molar-refractivity contribution is 0.0697. The summed E-state index contributed by atoms with van der Waals surface area (Å²) in [4.78, 5) is 24.2. The van der Waals surface area contributed by atoms with Crippen molar-refractivity contribution in [2.24, 2.45) is 0 Å². The van der Waals surface area contributed by atoms with Gasteiger partial charge in [0.1, 0.15) is 0 Å². The van der Waals surface area contributed by atoms with Crippen molar-refractivity contribution in [3.05, 3.63) is 27.7 Å². The zero-order valence-corrected chi connectivity index (χ0v) is 12.5. The first kappa shape index (κ1) is 16.6. The molecule has 8 heteroatoms. The molecule has 0 unspecified atom stereocenters. The molecule has 0 aliphatic carbocycles. The van der Waals surface area contributed by atoms with E-state index in [4.69, 9.17) is 28.3 Å². The van der Waals surface area contributed by atoms with Crippen molar-refractivity contribution < 1.29 is 14.7 Å². The van der Waals surface area contributed by atoms with Crippen LogP contribution < -0.4 is 10.6 Å². The van der Waals surface area contributed by atoms with Gasteiger partial charge in [-0.1, -0.05) is 23.2 Å². The molecule has 0 heterocycles. The van der Waals surface area contributed by atoms with Gasteiger partial charge in [-0.2, -0.15) is 0 Å². The highest BCUT2D eigenvalue weighted by Crippen LogP contribution is 2.32. The summed E-state index contributed by atoms with van der Waals surface area (Å²) in [6.45, 7) is 1.15. The standard InChI is InChI=1S/C12H15Cl2N3O3/c1-15-3-4-17(2)12(20)16-10-8(13)5-7(11(18)19)6-9(10)14/h5-6,15H,3-4H2,1-2H3,(H,16,20)(H,18,19). The Morgan fingerprint density at radius 3 is 2.30 bits per heavy atom. The maximum atomic E-state index is 11.9. The van der Waals surface area contributed by atoms with Crippen LogP contribution in [0, 0.1) is 0 Å². The fourth-order valence-corrected chi connectivity index (χ4v) is 1.98. The number of halogens is 2. The number of likely N-dealkylation sites (N-methyl/N-ethyl adjacent to an activating group) is 2. The molecule has 0 aromatic heterocycles. The number of hydrogen-bond acceptors (Lipinski definition) is 3. The molecular weight excluding hydrogens is 305 g/mol. The predicted molar refractivity (Wildman–Crippen MR) is 79.0 cm³/mol. The molecule has 1 aromatic rings. The molecule has 0 saturated carbocycles. The van der Waals surface area contributed by atoms with E-state index in [1.807, 2.05) is 0 Å². The van der Waals surface area contributed by atoms with Gasteiger partial charge in [0.25, 0.3) is 0 Å². The van der Waals surface area contributed by atoms with Crippen LogP contribution in [-0.2, 0) is 0 Å². The average molecular weight is 320 g/mol. The van der Waals surface area contributed by atoms with Gasteiger partial charge >= 0.3 is 12.0 Å². The second kappa shape index (κ2) is 7.33.